The molecule has 0 unspecified atom stereocenters. The Morgan fingerprint density at radius 1 is 1.39 bits per heavy atom. The number of pyridine rings is 1. The first-order valence-corrected chi connectivity index (χ1v) is 6.64. The Morgan fingerprint density at radius 2 is 2.06 bits per heavy atom. The van der Waals surface area contributed by atoms with Gasteiger partial charge in [-0.3, -0.25) is 9.78 Å². The van der Waals surface area contributed by atoms with Gasteiger partial charge in [0.1, 0.15) is 0 Å². The Morgan fingerprint density at radius 3 is 2.72 bits per heavy atom. The summed E-state index contributed by atoms with van der Waals surface area (Å²) in [4.78, 5) is 17.8. The number of nitrogens with zero attached hydrogens (tertiary/aromatic N) is 2. The van der Waals surface area contributed by atoms with E-state index in [9.17, 15) is 4.79 Å². The van der Waals surface area contributed by atoms with Gasteiger partial charge in [0.25, 0.3) is 0 Å². The minimum absolute atomic E-state index is 0.194. The standard InChI is InChI=1S/C14H21N3O/c1-17(13-6-10-16-11-7-13)14(18)3-2-12-4-8-15-9-5-12/h6-7,10-12,15H,2-5,8-9H2,1H3. The van der Waals surface area contributed by atoms with Gasteiger partial charge in [-0.05, 0) is 50.4 Å². The number of rotatable bonds is 4. The summed E-state index contributed by atoms with van der Waals surface area (Å²) in [5.41, 5.74) is 0.917. The summed E-state index contributed by atoms with van der Waals surface area (Å²) in [5, 5.41) is 3.35. The normalized spacial score (nSPS) is 16.5. The molecule has 0 aromatic carbocycles. The van der Waals surface area contributed by atoms with Crippen LogP contribution in [0.4, 0.5) is 5.69 Å². The maximum atomic E-state index is 12.1. The molecule has 4 nitrogen and oxygen atoms in total. The summed E-state index contributed by atoms with van der Waals surface area (Å²) >= 11 is 0. The number of hydrogen-bond donors (Lipinski definition) is 1. The third-order valence-electron chi connectivity index (χ3n) is 3.65. The maximum absolute atomic E-state index is 12.1. The van der Waals surface area contributed by atoms with Crippen LogP contribution in [-0.2, 0) is 4.79 Å². The molecule has 1 fully saturated rings. The number of carbonyl (C=O) groups is 1. The number of piperidine rings is 1. The van der Waals surface area contributed by atoms with Crippen LogP contribution in [0.1, 0.15) is 25.7 Å². The molecule has 0 spiro atoms. The number of amides is 1. The predicted octanol–water partition coefficient (Wildman–Crippen LogP) is 1.82. The van der Waals surface area contributed by atoms with Crippen LogP contribution >= 0.6 is 0 Å². The molecule has 0 bridgehead atoms. The van der Waals surface area contributed by atoms with Crippen molar-refractivity contribution in [1.82, 2.24) is 10.3 Å². The van der Waals surface area contributed by atoms with Crippen molar-refractivity contribution in [2.24, 2.45) is 5.92 Å². The van der Waals surface area contributed by atoms with Crippen molar-refractivity contribution in [3.8, 4) is 0 Å². The summed E-state index contributed by atoms with van der Waals surface area (Å²) in [7, 11) is 1.83. The molecular weight excluding hydrogens is 226 g/mol. The molecule has 1 amide bonds. The first-order chi connectivity index (χ1) is 8.77. The number of hydrogen-bond acceptors (Lipinski definition) is 3. The first kappa shape index (κ1) is 13.0. The lowest BCUT2D eigenvalue weighted by Crippen LogP contribution is -2.30. The van der Waals surface area contributed by atoms with Crippen molar-refractivity contribution in [1.29, 1.82) is 0 Å². The second-order valence-electron chi connectivity index (χ2n) is 4.89. The van der Waals surface area contributed by atoms with Gasteiger partial charge in [0, 0.05) is 31.5 Å². The van der Waals surface area contributed by atoms with Crippen molar-refractivity contribution in [2.75, 3.05) is 25.0 Å². The zero-order chi connectivity index (χ0) is 12.8. The molecule has 4 heteroatoms. The van der Waals surface area contributed by atoms with E-state index in [4.69, 9.17) is 0 Å². The average Bonchev–Trinajstić information content (AvgIpc) is 2.46. The smallest absolute Gasteiger partial charge is 0.226 e. The van der Waals surface area contributed by atoms with Gasteiger partial charge in [0.2, 0.25) is 5.91 Å². The van der Waals surface area contributed by atoms with Crippen molar-refractivity contribution in [2.45, 2.75) is 25.7 Å². The van der Waals surface area contributed by atoms with Crippen LogP contribution in [0.15, 0.2) is 24.5 Å². The predicted molar refractivity (Wildman–Crippen MR) is 72.5 cm³/mol. The largest absolute Gasteiger partial charge is 0.317 e. The average molecular weight is 247 g/mol. The highest BCUT2D eigenvalue weighted by Crippen LogP contribution is 2.19. The van der Waals surface area contributed by atoms with E-state index in [2.05, 4.69) is 10.3 Å². The molecule has 1 aliphatic rings. The molecule has 2 heterocycles. The van der Waals surface area contributed by atoms with E-state index in [1.807, 2.05) is 19.2 Å². The molecule has 1 saturated heterocycles. The SMILES string of the molecule is CN(C(=O)CCC1CCNCC1)c1ccncc1. The van der Waals surface area contributed by atoms with E-state index in [0.29, 0.717) is 12.3 Å². The monoisotopic (exact) mass is 247 g/mol. The molecule has 1 aliphatic heterocycles. The number of anilines is 1. The number of carbonyl (C=O) groups excluding carboxylic acids is 1. The van der Waals surface area contributed by atoms with Crippen LogP contribution in [-0.4, -0.2) is 31.0 Å². The lowest BCUT2D eigenvalue weighted by atomic mass is 9.93. The molecule has 98 valence electrons. The molecule has 18 heavy (non-hydrogen) atoms. The molecule has 1 aromatic rings. The van der Waals surface area contributed by atoms with E-state index in [1.54, 1.807) is 17.3 Å². The molecular formula is C14H21N3O. The highest BCUT2D eigenvalue weighted by Gasteiger charge is 2.16. The third-order valence-corrected chi connectivity index (χ3v) is 3.65. The molecule has 1 aromatic heterocycles. The Hall–Kier alpha value is -1.42. The van der Waals surface area contributed by atoms with Crippen LogP contribution in [0.25, 0.3) is 0 Å². The second kappa shape index (κ2) is 6.50. The van der Waals surface area contributed by atoms with Crippen LogP contribution in [0, 0.1) is 5.92 Å². The Bertz CT molecular complexity index is 374. The van der Waals surface area contributed by atoms with E-state index in [-0.39, 0.29) is 5.91 Å². The van der Waals surface area contributed by atoms with Crippen molar-refractivity contribution >= 4 is 11.6 Å². The van der Waals surface area contributed by atoms with Crippen molar-refractivity contribution in [3.05, 3.63) is 24.5 Å². The summed E-state index contributed by atoms with van der Waals surface area (Å²) in [6.07, 6.45) is 7.48. The van der Waals surface area contributed by atoms with E-state index in [0.717, 1.165) is 25.2 Å². The minimum Gasteiger partial charge on any atom is -0.317 e. The maximum Gasteiger partial charge on any atom is 0.226 e. The van der Waals surface area contributed by atoms with Gasteiger partial charge in [-0.15, -0.1) is 0 Å². The summed E-state index contributed by atoms with van der Waals surface area (Å²) in [5.74, 6) is 0.903. The van der Waals surface area contributed by atoms with E-state index >= 15 is 0 Å². The van der Waals surface area contributed by atoms with E-state index < -0.39 is 0 Å². The first-order valence-electron chi connectivity index (χ1n) is 6.64. The van der Waals surface area contributed by atoms with Crippen LogP contribution in [0.2, 0.25) is 0 Å². The highest BCUT2D eigenvalue weighted by molar-refractivity contribution is 5.92. The fourth-order valence-electron chi connectivity index (χ4n) is 2.38. The van der Waals surface area contributed by atoms with Gasteiger partial charge in [-0.2, -0.15) is 0 Å². The lowest BCUT2D eigenvalue weighted by molar-refractivity contribution is -0.118. The van der Waals surface area contributed by atoms with Crippen molar-refractivity contribution in [3.63, 3.8) is 0 Å². The highest BCUT2D eigenvalue weighted by atomic mass is 16.2. The number of nitrogens with one attached hydrogen (secondary N) is 1. The van der Waals surface area contributed by atoms with Gasteiger partial charge in [-0.25, -0.2) is 0 Å². The Balaban J connectivity index is 1.80. The molecule has 1 N–H and O–H groups in total. The Labute approximate surface area is 108 Å². The quantitative estimate of drug-likeness (QED) is 0.882. The third kappa shape index (κ3) is 3.53. The van der Waals surface area contributed by atoms with Crippen LogP contribution < -0.4 is 10.2 Å². The minimum atomic E-state index is 0.194. The summed E-state index contributed by atoms with van der Waals surface area (Å²) in [6, 6.07) is 3.73. The van der Waals surface area contributed by atoms with Gasteiger partial charge in [0.15, 0.2) is 0 Å². The lowest BCUT2D eigenvalue weighted by Gasteiger charge is -2.23. The zero-order valence-electron chi connectivity index (χ0n) is 10.9. The molecule has 2 rings (SSSR count). The van der Waals surface area contributed by atoms with Crippen LogP contribution in [0.3, 0.4) is 0 Å². The molecule has 0 aliphatic carbocycles. The van der Waals surface area contributed by atoms with E-state index in [1.165, 1.54) is 12.8 Å². The fraction of sp³-hybridized carbons (Fsp3) is 0.571. The molecule has 0 radical (unpaired) electrons. The fourth-order valence-corrected chi connectivity index (χ4v) is 2.38. The summed E-state index contributed by atoms with van der Waals surface area (Å²) in [6.45, 7) is 2.19. The zero-order valence-corrected chi connectivity index (χ0v) is 10.9. The van der Waals surface area contributed by atoms with Gasteiger partial charge < -0.3 is 10.2 Å². The molecule has 0 atom stereocenters. The van der Waals surface area contributed by atoms with Gasteiger partial charge >= 0.3 is 0 Å². The topological polar surface area (TPSA) is 45.2 Å². The van der Waals surface area contributed by atoms with Gasteiger partial charge in [0.05, 0.1) is 0 Å². The van der Waals surface area contributed by atoms with Crippen LogP contribution in [0.5, 0.6) is 0 Å². The number of aromatic nitrogens is 1. The molecule has 0 saturated carbocycles. The summed E-state index contributed by atoms with van der Waals surface area (Å²) < 4.78 is 0. The van der Waals surface area contributed by atoms with Gasteiger partial charge in [-0.1, -0.05) is 0 Å². The second-order valence-corrected chi connectivity index (χ2v) is 4.89. The van der Waals surface area contributed by atoms with Crippen molar-refractivity contribution < 1.29 is 4.79 Å². The Kier molecular flexibility index (Phi) is 4.70.